The maximum Gasteiger partial charge on any atom is 0.410 e. The Morgan fingerprint density at radius 3 is 2.57 bits per heavy atom. The molecule has 0 spiro atoms. The third-order valence-electron chi connectivity index (χ3n) is 4.57. The molecule has 0 radical (unpaired) electrons. The molecule has 2 aromatic rings. The van der Waals surface area contributed by atoms with Gasteiger partial charge < -0.3 is 15.0 Å². The van der Waals surface area contributed by atoms with Crippen molar-refractivity contribution < 1.29 is 14.3 Å². The Balaban J connectivity index is 1.55. The number of hydrogen-bond donors (Lipinski definition) is 1. The molecule has 1 fully saturated rings. The van der Waals surface area contributed by atoms with Crippen LogP contribution in [0.1, 0.15) is 33.6 Å². The first-order chi connectivity index (χ1) is 13.2. The van der Waals surface area contributed by atoms with Crippen molar-refractivity contribution >= 4 is 22.9 Å². The van der Waals surface area contributed by atoms with Crippen LogP contribution in [0.2, 0.25) is 0 Å². The fourth-order valence-corrected chi connectivity index (χ4v) is 3.23. The van der Waals surface area contributed by atoms with Gasteiger partial charge in [0.25, 0.3) is 0 Å². The second kappa shape index (κ2) is 8.00. The molecule has 2 amide bonds. The van der Waals surface area contributed by atoms with Crippen molar-refractivity contribution in [3.63, 3.8) is 0 Å². The van der Waals surface area contributed by atoms with Crippen LogP contribution in [0, 0.1) is 0 Å². The summed E-state index contributed by atoms with van der Waals surface area (Å²) in [5.74, 6) is -0.169. The lowest BCUT2D eigenvalue weighted by Crippen LogP contribution is -2.48. The summed E-state index contributed by atoms with van der Waals surface area (Å²) in [4.78, 5) is 38.1. The molecule has 0 atom stereocenters. The second-order valence-corrected chi connectivity index (χ2v) is 7.99. The molecular formula is C20H26N4O4. The second-order valence-electron chi connectivity index (χ2n) is 7.99. The highest BCUT2D eigenvalue weighted by Gasteiger charge is 2.27. The molecule has 0 saturated carbocycles. The quantitative estimate of drug-likeness (QED) is 0.870. The van der Waals surface area contributed by atoms with Gasteiger partial charge in [-0.25, -0.2) is 4.79 Å². The van der Waals surface area contributed by atoms with Crippen LogP contribution >= 0.6 is 0 Å². The Kier molecular flexibility index (Phi) is 5.67. The summed E-state index contributed by atoms with van der Waals surface area (Å²) in [5.41, 5.74) is -0.0546. The van der Waals surface area contributed by atoms with Crippen LogP contribution in [0.15, 0.2) is 35.3 Å². The molecule has 1 aliphatic heterocycles. The fraction of sp³-hybridized carbons (Fsp3) is 0.500. The summed E-state index contributed by atoms with van der Waals surface area (Å²) in [6.45, 7) is 6.64. The van der Waals surface area contributed by atoms with Crippen molar-refractivity contribution in [1.29, 1.82) is 0 Å². The minimum absolute atomic E-state index is 0.00293. The zero-order valence-electron chi connectivity index (χ0n) is 16.5. The summed E-state index contributed by atoms with van der Waals surface area (Å²) in [6, 6.07) is 7.09. The lowest BCUT2D eigenvalue weighted by atomic mass is 10.1. The average Bonchev–Trinajstić information content (AvgIpc) is 2.63. The highest BCUT2D eigenvalue weighted by Crippen LogP contribution is 2.15. The van der Waals surface area contributed by atoms with Crippen molar-refractivity contribution in [2.24, 2.45) is 0 Å². The number of nitrogens with one attached hydrogen (secondary N) is 1. The molecule has 1 aromatic carbocycles. The minimum atomic E-state index is -0.519. The predicted molar refractivity (Wildman–Crippen MR) is 105 cm³/mol. The van der Waals surface area contributed by atoms with Crippen molar-refractivity contribution in [2.45, 2.75) is 51.8 Å². The summed E-state index contributed by atoms with van der Waals surface area (Å²) < 4.78 is 6.92. The number of likely N-dealkylation sites (tertiary alicyclic amines) is 1. The van der Waals surface area contributed by atoms with Crippen molar-refractivity contribution in [3.8, 4) is 0 Å². The van der Waals surface area contributed by atoms with Gasteiger partial charge in [0.15, 0.2) is 0 Å². The number of amides is 2. The Hall–Kier alpha value is -2.90. The van der Waals surface area contributed by atoms with E-state index in [9.17, 15) is 14.4 Å². The summed E-state index contributed by atoms with van der Waals surface area (Å²) >= 11 is 0. The summed E-state index contributed by atoms with van der Waals surface area (Å²) in [7, 11) is 0. The van der Waals surface area contributed by atoms with E-state index in [0.29, 0.717) is 36.8 Å². The Morgan fingerprint density at radius 2 is 1.89 bits per heavy atom. The zero-order valence-corrected chi connectivity index (χ0v) is 16.5. The van der Waals surface area contributed by atoms with E-state index in [1.807, 2.05) is 26.8 Å². The number of carbonyl (C=O) groups is 2. The third kappa shape index (κ3) is 4.88. The number of para-hydroxylation sites is 1. The van der Waals surface area contributed by atoms with Crippen LogP contribution in [0.4, 0.5) is 4.79 Å². The van der Waals surface area contributed by atoms with Crippen LogP contribution in [0.5, 0.6) is 0 Å². The van der Waals surface area contributed by atoms with E-state index in [0.717, 1.165) is 0 Å². The Morgan fingerprint density at radius 1 is 1.21 bits per heavy atom. The topological polar surface area (TPSA) is 93.5 Å². The molecule has 1 aromatic heterocycles. The number of piperidine rings is 1. The Bertz CT molecular complexity index is 924. The Labute approximate surface area is 163 Å². The number of hydrogen-bond acceptors (Lipinski definition) is 5. The van der Waals surface area contributed by atoms with Gasteiger partial charge in [-0.2, -0.15) is 5.10 Å². The largest absolute Gasteiger partial charge is 0.444 e. The van der Waals surface area contributed by atoms with E-state index >= 15 is 0 Å². The van der Waals surface area contributed by atoms with Gasteiger partial charge in [0.05, 0.1) is 11.7 Å². The van der Waals surface area contributed by atoms with Gasteiger partial charge in [0, 0.05) is 24.5 Å². The lowest BCUT2D eigenvalue weighted by Gasteiger charge is -2.33. The number of benzene rings is 1. The molecule has 8 nitrogen and oxygen atoms in total. The van der Waals surface area contributed by atoms with Crippen LogP contribution in [-0.4, -0.2) is 51.4 Å². The highest BCUT2D eigenvalue weighted by atomic mass is 16.6. The molecule has 1 N–H and O–H groups in total. The first-order valence-corrected chi connectivity index (χ1v) is 9.45. The van der Waals surface area contributed by atoms with E-state index in [2.05, 4.69) is 10.4 Å². The predicted octanol–water partition coefficient (Wildman–Crippen LogP) is 1.91. The molecule has 3 rings (SSSR count). The van der Waals surface area contributed by atoms with Gasteiger partial charge in [-0.1, -0.05) is 12.1 Å². The van der Waals surface area contributed by atoms with E-state index < -0.39 is 5.60 Å². The van der Waals surface area contributed by atoms with Gasteiger partial charge in [-0.05, 0) is 45.7 Å². The molecule has 0 unspecified atom stereocenters. The van der Waals surface area contributed by atoms with Gasteiger partial charge in [0.1, 0.15) is 12.1 Å². The number of fused-ring (bicyclic) bond motifs is 1. The van der Waals surface area contributed by atoms with Gasteiger partial charge in [0.2, 0.25) is 11.3 Å². The van der Waals surface area contributed by atoms with Crippen LogP contribution in [-0.2, 0) is 16.1 Å². The van der Waals surface area contributed by atoms with Gasteiger partial charge in [-0.3, -0.25) is 14.3 Å². The number of aromatic nitrogens is 2. The molecule has 1 saturated heterocycles. The molecular weight excluding hydrogens is 360 g/mol. The first-order valence-electron chi connectivity index (χ1n) is 9.45. The summed E-state index contributed by atoms with van der Waals surface area (Å²) in [5, 5.41) is 7.62. The van der Waals surface area contributed by atoms with E-state index in [4.69, 9.17) is 4.74 Å². The maximum atomic E-state index is 12.5. The molecule has 28 heavy (non-hydrogen) atoms. The van der Waals surface area contributed by atoms with Crippen molar-refractivity contribution in [1.82, 2.24) is 20.0 Å². The van der Waals surface area contributed by atoms with E-state index in [1.54, 1.807) is 23.1 Å². The number of carbonyl (C=O) groups excluding carboxylic acids is 2. The molecule has 8 heteroatoms. The molecule has 0 bridgehead atoms. The third-order valence-corrected chi connectivity index (χ3v) is 4.57. The number of nitrogens with zero attached hydrogens (tertiary/aromatic N) is 3. The first kappa shape index (κ1) is 19.9. The van der Waals surface area contributed by atoms with Gasteiger partial charge >= 0.3 is 6.09 Å². The van der Waals surface area contributed by atoms with Crippen molar-refractivity contribution in [3.05, 3.63) is 40.7 Å². The van der Waals surface area contributed by atoms with Crippen LogP contribution in [0.25, 0.3) is 10.9 Å². The zero-order chi connectivity index (χ0) is 20.3. The standard InChI is InChI=1S/C20H26N4O4/c1-20(2,3)28-19(27)23-10-8-14(9-11-23)22-18(26)13-24-16-7-5-4-6-15(16)17(25)12-21-24/h4-7,12,14H,8-11,13H2,1-3H3,(H,22,26). The normalized spacial score (nSPS) is 15.5. The SMILES string of the molecule is CC(C)(C)OC(=O)N1CCC(NC(=O)Cn2ncc(=O)c3ccccc32)CC1. The van der Waals surface area contributed by atoms with E-state index in [-0.39, 0.29) is 30.0 Å². The number of rotatable bonds is 3. The molecule has 150 valence electrons. The number of ether oxygens (including phenoxy) is 1. The maximum absolute atomic E-state index is 12.5. The van der Waals surface area contributed by atoms with Crippen molar-refractivity contribution in [2.75, 3.05) is 13.1 Å². The smallest absolute Gasteiger partial charge is 0.410 e. The van der Waals surface area contributed by atoms with Crippen LogP contribution in [0.3, 0.4) is 0 Å². The minimum Gasteiger partial charge on any atom is -0.444 e. The van der Waals surface area contributed by atoms with Gasteiger partial charge in [-0.15, -0.1) is 0 Å². The van der Waals surface area contributed by atoms with E-state index in [1.165, 1.54) is 10.9 Å². The fourth-order valence-electron chi connectivity index (χ4n) is 3.23. The lowest BCUT2D eigenvalue weighted by molar-refractivity contribution is -0.122. The summed E-state index contributed by atoms with van der Waals surface area (Å²) in [6.07, 6.45) is 2.25. The average molecular weight is 386 g/mol. The molecule has 1 aliphatic rings. The molecule has 0 aliphatic carbocycles. The highest BCUT2D eigenvalue weighted by molar-refractivity contribution is 5.81. The van der Waals surface area contributed by atoms with Crippen LogP contribution < -0.4 is 10.7 Å². The monoisotopic (exact) mass is 386 g/mol. The molecule has 2 heterocycles.